The van der Waals surface area contributed by atoms with Crippen molar-refractivity contribution in [3.05, 3.63) is 16.8 Å². The van der Waals surface area contributed by atoms with Crippen LogP contribution in [0.25, 0.3) is 10.2 Å². The molecule has 0 atom stereocenters. The standard InChI is InChI=1S/C12H15N3O3S/c1-3-15(4-5-16)10-8-7(2)9(12(17)18)19-11(8)14-6-13-10/h6,16H,3-5H2,1-2H3,(H,17,18). The lowest BCUT2D eigenvalue weighted by atomic mass is 10.2. The lowest BCUT2D eigenvalue weighted by Gasteiger charge is -2.21. The first-order valence-corrected chi connectivity index (χ1v) is 6.75. The van der Waals surface area contributed by atoms with E-state index < -0.39 is 5.97 Å². The summed E-state index contributed by atoms with van der Waals surface area (Å²) in [4.78, 5) is 22.4. The van der Waals surface area contributed by atoms with Crippen LogP contribution in [0, 0.1) is 6.92 Å². The Balaban J connectivity index is 2.64. The van der Waals surface area contributed by atoms with Crippen LogP contribution in [0.5, 0.6) is 0 Å². The van der Waals surface area contributed by atoms with Crippen molar-refractivity contribution in [2.75, 3.05) is 24.6 Å². The van der Waals surface area contributed by atoms with E-state index in [9.17, 15) is 4.79 Å². The number of rotatable bonds is 5. The van der Waals surface area contributed by atoms with Crippen LogP contribution in [0.1, 0.15) is 22.2 Å². The average molecular weight is 281 g/mol. The molecule has 2 aromatic heterocycles. The number of carboxylic acids is 1. The van der Waals surface area contributed by atoms with Crippen molar-refractivity contribution in [2.24, 2.45) is 0 Å². The van der Waals surface area contributed by atoms with Crippen LogP contribution >= 0.6 is 11.3 Å². The molecule has 0 amide bonds. The molecule has 0 aliphatic carbocycles. The monoisotopic (exact) mass is 281 g/mol. The first kappa shape index (κ1) is 13.7. The van der Waals surface area contributed by atoms with Gasteiger partial charge in [0.2, 0.25) is 0 Å². The highest BCUT2D eigenvalue weighted by Crippen LogP contribution is 2.34. The molecule has 7 heteroatoms. The molecule has 0 bridgehead atoms. The Kier molecular flexibility index (Phi) is 3.96. The highest BCUT2D eigenvalue weighted by atomic mass is 32.1. The van der Waals surface area contributed by atoms with Crippen molar-refractivity contribution in [3.8, 4) is 0 Å². The number of thiophene rings is 1. The third-order valence-electron chi connectivity index (χ3n) is 2.95. The summed E-state index contributed by atoms with van der Waals surface area (Å²) in [5.74, 6) is -0.264. The van der Waals surface area contributed by atoms with Crippen LogP contribution in [0.3, 0.4) is 0 Å². The van der Waals surface area contributed by atoms with Gasteiger partial charge in [-0.1, -0.05) is 0 Å². The summed E-state index contributed by atoms with van der Waals surface area (Å²) >= 11 is 1.15. The minimum atomic E-state index is -0.948. The number of carboxylic acid groups (broad SMARTS) is 1. The number of aromatic carboxylic acids is 1. The van der Waals surface area contributed by atoms with E-state index in [0.717, 1.165) is 16.7 Å². The van der Waals surface area contributed by atoms with E-state index in [2.05, 4.69) is 9.97 Å². The molecule has 0 saturated heterocycles. The second kappa shape index (κ2) is 5.50. The number of aryl methyl sites for hydroxylation is 1. The van der Waals surface area contributed by atoms with E-state index >= 15 is 0 Å². The molecule has 2 N–H and O–H groups in total. The SMILES string of the molecule is CCN(CCO)c1ncnc2sc(C(=O)O)c(C)c12. The Morgan fingerprint density at radius 3 is 2.79 bits per heavy atom. The van der Waals surface area contributed by atoms with Gasteiger partial charge in [0, 0.05) is 13.1 Å². The fourth-order valence-electron chi connectivity index (χ4n) is 2.03. The van der Waals surface area contributed by atoms with Gasteiger partial charge < -0.3 is 15.1 Å². The molecular weight excluding hydrogens is 266 g/mol. The van der Waals surface area contributed by atoms with Crippen LogP contribution in [0.4, 0.5) is 5.82 Å². The van der Waals surface area contributed by atoms with Gasteiger partial charge in [0.15, 0.2) is 0 Å². The van der Waals surface area contributed by atoms with Crippen molar-refractivity contribution in [3.63, 3.8) is 0 Å². The molecule has 2 aromatic rings. The number of fused-ring (bicyclic) bond motifs is 1. The second-order valence-corrected chi connectivity index (χ2v) is 5.04. The van der Waals surface area contributed by atoms with Gasteiger partial charge in [-0.3, -0.25) is 0 Å². The molecular formula is C12H15N3O3S. The third kappa shape index (κ3) is 2.39. The Morgan fingerprint density at radius 2 is 2.21 bits per heavy atom. The summed E-state index contributed by atoms with van der Waals surface area (Å²) in [6.07, 6.45) is 1.43. The maximum Gasteiger partial charge on any atom is 0.346 e. The minimum absolute atomic E-state index is 0.0221. The number of aromatic nitrogens is 2. The molecule has 0 aromatic carbocycles. The van der Waals surface area contributed by atoms with Crippen molar-refractivity contribution < 1.29 is 15.0 Å². The molecule has 2 rings (SSSR count). The van der Waals surface area contributed by atoms with Gasteiger partial charge >= 0.3 is 5.97 Å². The van der Waals surface area contributed by atoms with E-state index in [1.165, 1.54) is 6.33 Å². The fraction of sp³-hybridized carbons (Fsp3) is 0.417. The van der Waals surface area contributed by atoms with Gasteiger partial charge in [-0.25, -0.2) is 14.8 Å². The maximum absolute atomic E-state index is 11.2. The summed E-state index contributed by atoms with van der Waals surface area (Å²) in [5.41, 5.74) is 0.680. The van der Waals surface area contributed by atoms with E-state index in [4.69, 9.17) is 10.2 Å². The van der Waals surface area contributed by atoms with Crippen LogP contribution < -0.4 is 4.90 Å². The lowest BCUT2D eigenvalue weighted by Crippen LogP contribution is -2.27. The molecule has 0 unspecified atom stereocenters. The molecule has 0 aliphatic heterocycles. The number of hydrogen-bond donors (Lipinski definition) is 2. The highest BCUT2D eigenvalue weighted by molar-refractivity contribution is 7.20. The molecule has 0 aliphatic rings. The number of aliphatic hydroxyl groups excluding tert-OH is 1. The largest absolute Gasteiger partial charge is 0.477 e. The van der Waals surface area contributed by atoms with Gasteiger partial charge in [0.25, 0.3) is 0 Å². The maximum atomic E-state index is 11.2. The zero-order valence-corrected chi connectivity index (χ0v) is 11.6. The average Bonchev–Trinajstić information content (AvgIpc) is 2.74. The second-order valence-electron chi connectivity index (χ2n) is 4.04. The Bertz CT molecular complexity index is 612. The molecule has 0 radical (unpaired) electrons. The summed E-state index contributed by atoms with van der Waals surface area (Å²) in [6.45, 7) is 4.89. The van der Waals surface area contributed by atoms with Gasteiger partial charge in [0.05, 0.1) is 12.0 Å². The number of likely N-dealkylation sites (N-methyl/N-ethyl adjacent to an activating group) is 1. The van der Waals surface area contributed by atoms with Crippen LogP contribution in [0.15, 0.2) is 6.33 Å². The Hall–Kier alpha value is -1.73. The predicted molar refractivity (Wildman–Crippen MR) is 74.1 cm³/mol. The van der Waals surface area contributed by atoms with Crippen molar-refractivity contribution in [1.29, 1.82) is 0 Å². The van der Waals surface area contributed by atoms with Gasteiger partial charge in [0.1, 0.15) is 21.9 Å². The minimum Gasteiger partial charge on any atom is -0.477 e. The van der Waals surface area contributed by atoms with Crippen molar-refractivity contribution in [1.82, 2.24) is 9.97 Å². The van der Waals surface area contributed by atoms with Gasteiger partial charge in [-0.05, 0) is 19.4 Å². The van der Waals surface area contributed by atoms with E-state index in [-0.39, 0.29) is 11.5 Å². The Morgan fingerprint density at radius 1 is 1.47 bits per heavy atom. The molecule has 102 valence electrons. The van der Waals surface area contributed by atoms with Gasteiger partial charge in [-0.2, -0.15) is 0 Å². The molecule has 2 heterocycles. The quantitative estimate of drug-likeness (QED) is 0.864. The topological polar surface area (TPSA) is 86.5 Å². The number of hydrogen-bond acceptors (Lipinski definition) is 6. The zero-order valence-electron chi connectivity index (χ0n) is 10.8. The van der Waals surface area contributed by atoms with Crippen LogP contribution in [0.2, 0.25) is 0 Å². The van der Waals surface area contributed by atoms with E-state index in [1.807, 2.05) is 11.8 Å². The first-order valence-electron chi connectivity index (χ1n) is 5.93. The molecule has 19 heavy (non-hydrogen) atoms. The highest BCUT2D eigenvalue weighted by Gasteiger charge is 2.20. The smallest absolute Gasteiger partial charge is 0.346 e. The molecule has 0 spiro atoms. The molecule has 0 saturated carbocycles. The summed E-state index contributed by atoms with van der Waals surface area (Å²) in [7, 11) is 0. The van der Waals surface area contributed by atoms with Crippen LogP contribution in [-0.2, 0) is 0 Å². The van der Waals surface area contributed by atoms with E-state index in [1.54, 1.807) is 6.92 Å². The summed E-state index contributed by atoms with van der Waals surface area (Å²) in [5, 5.41) is 19.0. The molecule has 0 fully saturated rings. The first-order chi connectivity index (χ1) is 9.10. The number of anilines is 1. The fourth-order valence-corrected chi connectivity index (χ4v) is 3.01. The zero-order chi connectivity index (χ0) is 14.0. The van der Waals surface area contributed by atoms with Crippen molar-refractivity contribution in [2.45, 2.75) is 13.8 Å². The number of nitrogens with zero attached hydrogens (tertiary/aromatic N) is 3. The molecule has 6 nitrogen and oxygen atoms in total. The Labute approximate surface area is 114 Å². The summed E-state index contributed by atoms with van der Waals surface area (Å²) in [6, 6.07) is 0. The van der Waals surface area contributed by atoms with Crippen molar-refractivity contribution >= 4 is 33.3 Å². The summed E-state index contributed by atoms with van der Waals surface area (Å²) < 4.78 is 0. The number of carbonyl (C=O) groups is 1. The normalized spacial score (nSPS) is 10.9. The van der Waals surface area contributed by atoms with Gasteiger partial charge in [-0.15, -0.1) is 11.3 Å². The van der Waals surface area contributed by atoms with Crippen LogP contribution in [-0.4, -0.2) is 45.8 Å². The third-order valence-corrected chi connectivity index (χ3v) is 4.14. The number of aliphatic hydroxyl groups is 1. The predicted octanol–water partition coefficient (Wildman–Crippen LogP) is 1.52. The lowest BCUT2D eigenvalue weighted by molar-refractivity contribution is 0.0701. The van der Waals surface area contributed by atoms with E-state index in [0.29, 0.717) is 29.3 Å².